The number of hydrogen-bond acceptors (Lipinski definition) is 10. The SMILES string of the molecule is CC/C=C/C=C/C=C/C=C/CCCCCCCC(=O)OC[C@H](CO[C@@H]1O[C@H](CO)[C@H](O)C(O)C1O)OC(=O)CCCCCCCCCCC/C=C/CCCCCCCC. The van der Waals surface area contributed by atoms with Crippen LogP contribution in [0.25, 0.3) is 0 Å². The topological polar surface area (TPSA) is 152 Å². The molecule has 0 aromatic heterocycles. The molecule has 0 radical (unpaired) electrons. The molecule has 1 heterocycles. The van der Waals surface area contributed by atoms with Crippen molar-refractivity contribution in [2.75, 3.05) is 19.8 Å². The second kappa shape index (κ2) is 39.5. The van der Waals surface area contributed by atoms with Crippen LogP contribution in [0.1, 0.15) is 181 Å². The van der Waals surface area contributed by atoms with Crippen LogP contribution in [0.15, 0.2) is 60.8 Å². The second-order valence-electron chi connectivity index (χ2n) is 15.9. The van der Waals surface area contributed by atoms with Crippen LogP contribution in [0.2, 0.25) is 0 Å². The Morgan fingerprint density at radius 3 is 1.56 bits per heavy atom. The lowest BCUT2D eigenvalue weighted by atomic mass is 9.99. The van der Waals surface area contributed by atoms with Gasteiger partial charge >= 0.3 is 11.9 Å². The van der Waals surface area contributed by atoms with Gasteiger partial charge in [0.05, 0.1) is 13.2 Å². The first kappa shape index (κ1) is 54.4. The predicted molar refractivity (Wildman–Crippen MR) is 238 cm³/mol. The first-order valence-electron chi connectivity index (χ1n) is 23.4. The molecule has 0 aromatic carbocycles. The van der Waals surface area contributed by atoms with E-state index in [-0.39, 0.29) is 26.1 Å². The molecular weight excluding hydrogens is 749 g/mol. The van der Waals surface area contributed by atoms with Gasteiger partial charge in [0.25, 0.3) is 0 Å². The van der Waals surface area contributed by atoms with Gasteiger partial charge in [-0.2, -0.15) is 0 Å². The quantitative estimate of drug-likeness (QED) is 0.0205. The highest BCUT2D eigenvalue weighted by molar-refractivity contribution is 5.70. The second-order valence-corrected chi connectivity index (χ2v) is 15.9. The molecule has 0 saturated carbocycles. The number of unbranched alkanes of at least 4 members (excludes halogenated alkanes) is 20. The normalized spacial score (nSPS) is 20.5. The average molecular weight is 833 g/mol. The van der Waals surface area contributed by atoms with E-state index >= 15 is 0 Å². The van der Waals surface area contributed by atoms with Gasteiger partial charge in [-0.25, -0.2) is 0 Å². The molecule has 1 fully saturated rings. The van der Waals surface area contributed by atoms with E-state index in [9.17, 15) is 30.0 Å². The van der Waals surface area contributed by atoms with E-state index in [1.807, 2.05) is 30.4 Å². The molecule has 4 N–H and O–H groups in total. The monoisotopic (exact) mass is 833 g/mol. The van der Waals surface area contributed by atoms with Crippen LogP contribution in [0.3, 0.4) is 0 Å². The highest BCUT2D eigenvalue weighted by Crippen LogP contribution is 2.23. The fourth-order valence-electron chi connectivity index (χ4n) is 6.78. The van der Waals surface area contributed by atoms with Crippen molar-refractivity contribution in [2.24, 2.45) is 0 Å². The lowest BCUT2D eigenvalue weighted by Gasteiger charge is -2.39. The van der Waals surface area contributed by atoms with Crippen molar-refractivity contribution in [3.63, 3.8) is 0 Å². The maximum absolute atomic E-state index is 12.8. The summed E-state index contributed by atoms with van der Waals surface area (Å²) in [6, 6.07) is 0. The number of hydrogen-bond donors (Lipinski definition) is 4. The third kappa shape index (κ3) is 31.0. The van der Waals surface area contributed by atoms with Crippen molar-refractivity contribution >= 4 is 11.9 Å². The van der Waals surface area contributed by atoms with Crippen LogP contribution < -0.4 is 0 Å². The summed E-state index contributed by atoms with van der Waals surface area (Å²) in [4.78, 5) is 25.4. The smallest absolute Gasteiger partial charge is 0.306 e. The van der Waals surface area contributed by atoms with Gasteiger partial charge in [-0.3, -0.25) is 9.59 Å². The van der Waals surface area contributed by atoms with Gasteiger partial charge in [-0.05, 0) is 57.8 Å². The number of rotatable bonds is 38. The Bertz CT molecular complexity index is 1150. The van der Waals surface area contributed by atoms with Crippen molar-refractivity contribution in [2.45, 2.75) is 218 Å². The largest absolute Gasteiger partial charge is 0.462 e. The van der Waals surface area contributed by atoms with Crippen LogP contribution in [-0.2, 0) is 28.5 Å². The van der Waals surface area contributed by atoms with E-state index in [0.717, 1.165) is 57.8 Å². The fraction of sp³-hybridized carbons (Fsp3) is 0.755. The van der Waals surface area contributed by atoms with Gasteiger partial charge < -0.3 is 39.4 Å². The Kier molecular flexibility index (Phi) is 36.5. The Hall–Kier alpha value is -2.60. The van der Waals surface area contributed by atoms with Gasteiger partial charge in [-0.15, -0.1) is 0 Å². The molecule has 59 heavy (non-hydrogen) atoms. The van der Waals surface area contributed by atoms with Gasteiger partial charge in [-0.1, -0.05) is 171 Å². The van der Waals surface area contributed by atoms with Gasteiger partial charge in [0.1, 0.15) is 31.0 Å². The van der Waals surface area contributed by atoms with Crippen LogP contribution in [-0.4, -0.2) is 89.0 Å². The highest BCUT2D eigenvalue weighted by atomic mass is 16.7. The first-order chi connectivity index (χ1) is 28.8. The standard InChI is InChI=1S/C49H84O10/c1-3-5-7-9-11-13-15-17-19-20-21-22-24-26-28-30-32-34-36-38-45(52)58-42(41-57-49-48(55)47(54)46(53)43(39-50)59-49)40-56-44(51)37-35-33-31-29-27-25-23-18-16-14-12-10-8-6-4-2/h6,8,10,12,14,16-19,23,42-43,46-50,53-55H,3-5,7,9,11,13,15,20-22,24-41H2,1-2H3/b8-6+,12-10+,16-14+,19-17+,23-18+/t42-,43-,46+,47?,48?,49-/m1/s1. The fourth-order valence-corrected chi connectivity index (χ4v) is 6.78. The van der Waals surface area contributed by atoms with Crippen LogP contribution in [0, 0.1) is 0 Å². The molecule has 1 aliphatic rings. The number of aliphatic hydroxyl groups excluding tert-OH is 4. The lowest BCUT2D eigenvalue weighted by molar-refractivity contribution is -0.305. The zero-order chi connectivity index (χ0) is 43.0. The molecule has 340 valence electrons. The number of esters is 2. The van der Waals surface area contributed by atoms with E-state index in [1.165, 1.54) is 83.5 Å². The van der Waals surface area contributed by atoms with Crippen LogP contribution in [0.5, 0.6) is 0 Å². The van der Waals surface area contributed by atoms with Crippen molar-refractivity contribution in [3.8, 4) is 0 Å². The van der Waals surface area contributed by atoms with E-state index in [2.05, 4.69) is 44.2 Å². The minimum absolute atomic E-state index is 0.220. The minimum Gasteiger partial charge on any atom is -0.462 e. The zero-order valence-electron chi connectivity index (χ0n) is 37.0. The summed E-state index contributed by atoms with van der Waals surface area (Å²) in [5.41, 5.74) is 0. The number of carbonyl (C=O) groups excluding carboxylic acids is 2. The third-order valence-corrected chi connectivity index (χ3v) is 10.5. The van der Waals surface area contributed by atoms with Crippen molar-refractivity contribution in [3.05, 3.63) is 60.8 Å². The Morgan fingerprint density at radius 1 is 0.542 bits per heavy atom. The summed E-state index contributed by atoms with van der Waals surface area (Å²) in [7, 11) is 0. The molecule has 1 rings (SSSR count). The molecule has 0 bridgehead atoms. The predicted octanol–water partition coefficient (Wildman–Crippen LogP) is 10.2. The zero-order valence-corrected chi connectivity index (χ0v) is 37.0. The molecule has 2 unspecified atom stereocenters. The first-order valence-corrected chi connectivity index (χ1v) is 23.4. The Labute approximate surface area is 358 Å². The van der Waals surface area contributed by atoms with Gasteiger partial charge in [0, 0.05) is 12.8 Å². The van der Waals surface area contributed by atoms with E-state index in [0.29, 0.717) is 12.8 Å². The molecule has 1 saturated heterocycles. The van der Waals surface area contributed by atoms with Crippen molar-refractivity contribution < 1.29 is 49.0 Å². The summed E-state index contributed by atoms with van der Waals surface area (Å²) in [5.74, 6) is -0.838. The van der Waals surface area contributed by atoms with E-state index < -0.39 is 55.4 Å². The molecule has 0 aromatic rings. The maximum atomic E-state index is 12.8. The molecule has 0 aliphatic carbocycles. The van der Waals surface area contributed by atoms with Gasteiger partial charge in [0.2, 0.25) is 0 Å². The highest BCUT2D eigenvalue weighted by Gasteiger charge is 2.44. The number of ether oxygens (including phenoxy) is 4. The summed E-state index contributed by atoms with van der Waals surface area (Å²) in [6.07, 6.45) is 40.8. The van der Waals surface area contributed by atoms with Crippen LogP contribution in [0.4, 0.5) is 0 Å². The summed E-state index contributed by atoms with van der Waals surface area (Å²) in [6.45, 7) is 3.25. The molecule has 0 amide bonds. The average Bonchev–Trinajstić information content (AvgIpc) is 3.23. The van der Waals surface area contributed by atoms with Crippen LogP contribution >= 0.6 is 0 Å². The summed E-state index contributed by atoms with van der Waals surface area (Å²) < 4.78 is 22.2. The summed E-state index contributed by atoms with van der Waals surface area (Å²) in [5, 5.41) is 40.1. The van der Waals surface area contributed by atoms with Gasteiger partial charge in [0.15, 0.2) is 12.4 Å². The molecule has 0 spiro atoms. The van der Waals surface area contributed by atoms with Crippen molar-refractivity contribution in [1.82, 2.24) is 0 Å². The third-order valence-electron chi connectivity index (χ3n) is 10.5. The lowest BCUT2D eigenvalue weighted by Crippen LogP contribution is -2.59. The summed E-state index contributed by atoms with van der Waals surface area (Å²) >= 11 is 0. The Balaban J connectivity index is 2.32. The molecule has 10 nitrogen and oxygen atoms in total. The van der Waals surface area contributed by atoms with Crippen molar-refractivity contribution in [1.29, 1.82) is 0 Å². The molecule has 10 heteroatoms. The molecule has 1 aliphatic heterocycles. The maximum Gasteiger partial charge on any atom is 0.306 e. The number of allylic oxidation sites excluding steroid dienone is 10. The minimum atomic E-state index is -1.60. The number of aliphatic hydroxyl groups is 4. The number of carbonyl (C=O) groups is 2. The Morgan fingerprint density at radius 2 is 1.02 bits per heavy atom. The molecule has 6 atom stereocenters. The molecular formula is C49H84O10. The van der Waals surface area contributed by atoms with E-state index in [1.54, 1.807) is 0 Å². The van der Waals surface area contributed by atoms with E-state index in [4.69, 9.17) is 18.9 Å².